The van der Waals surface area contributed by atoms with E-state index in [9.17, 15) is 22.4 Å². The Hall–Kier alpha value is -3.92. The number of anilines is 1. The summed E-state index contributed by atoms with van der Waals surface area (Å²) < 4.78 is 45.4. The van der Waals surface area contributed by atoms with Crippen LogP contribution in [0.15, 0.2) is 78.9 Å². The molecule has 3 aromatic rings. The van der Waals surface area contributed by atoms with E-state index in [0.717, 1.165) is 16.1 Å². The number of halogens is 1. The van der Waals surface area contributed by atoms with Crippen molar-refractivity contribution < 1.29 is 27.1 Å². The summed E-state index contributed by atoms with van der Waals surface area (Å²) in [5, 5.41) is 2.60. The molecule has 196 valence electrons. The molecule has 0 aliphatic rings. The van der Waals surface area contributed by atoms with Crippen LogP contribution in [0, 0.1) is 5.82 Å². The monoisotopic (exact) mass is 527 g/mol. The highest BCUT2D eigenvalue weighted by molar-refractivity contribution is 7.92. The summed E-state index contributed by atoms with van der Waals surface area (Å²) in [5.41, 5.74) is 1.60. The molecule has 2 amide bonds. The summed E-state index contributed by atoms with van der Waals surface area (Å²) in [6.45, 7) is -0.601. The quantitative estimate of drug-likeness (QED) is 0.414. The Kier molecular flexibility index (Phi) is 9.24. The number of benzene rings is 3. The van der Waals surface area contributed by atoms with Crippen molar-refractivity contribution in [2.24, 2.45) is 0 Å². The summed E-state index contributed by atoms with van der Waals surface area (Å²) in [6, 6.07) is 20.3. The minimum Gasteiger partial charge on any atom is -0.495 e. The van der Waals surface area contributed by atoms with E-state index in [4.69, 9.17) is 4.74 Å². The third-order valence-corrected chi connectivity index (χ3v) is 6.94. The number of ether oxygens (including phenoxy) is 1. The van der Waals surface area contributed by atoms with Gasteiger partial charge in [-0.3, -0.25) is 13.9 Å². The minimum absolute atomic E-state index is 0.0342. The molecule has 3 aromatic carbocycles. The molecule has 1 unspecified atom stereocenters. The van der Waals surface area contributed by atoms with E-state index in [1.165, 1.54) is 49.4 Å². The first-order valence-corrected chi connectivity index (χ1v) is 13.4. The van der Waals surface area contributed by atoms with Crippen molar-refractivity contribution in [2.45, 2.75) is 19.0 Å². The summed E-state index contributed by atoms with van der Waals surface area (Å²) in [4.78, 5) is 28.2. The number of likely N-dealkylation sites (N-methyl/N-ethyl adjacent to an activating group) is 1. The lowest BCUT2D eigenvalue weighted by Gasteiger charge is -2.33. The van der Waals surface area contributed by atoms with Gasteiger partial charge < -0.3 is 15.0 Å². The summed E-state index contributed by atoms with van der Waals surface area (Å²) in [5.74, 6) is -1.18. The Morgan fingerprint density at radius 1 is 0.946 bits per heavy atom. The van der Waals surface area contributed by atoms with Crippen molar-refractivity contribution in [1.29, 1.82) is 0 Å². The fraction of sp³-hybridized carbons (Fsp3) is 0.259. The fourth-order valence-corrected chi connectivity index (χ4v) is 4.79. The third-order valence-electron chi connectivity index (χ3n) is 5.82. The van der Waals surface area contributed by atoms with Crippen LogP contribution in [-0.2, 0) is 32.6 Å². The number of hydrogen-bond donors (Lipinski definition) is 1. The molecule has 3 rings (SSSR count). The van der Waals surface area contributed by atoms with E-state index in [-0.39, 0.29) is 24.4 Å². The minimum atomic E-state index is -3.91. The molecule has 0 aliphatic heterocycles. The predicted molar refractivity (Wildman–Crippen MR) is 140 cm³/mol. The average molecular weight is 528 g/mol. The first-order chi connectivity index (χ1) is 17.6. The highest BCUT2D eigenvalue weighted by Gasteiger charge is 2.33. The fourth-order valence-electron chi connectivity index (χ4n) is 3.94. The lowest BCUT2D eigenvalue weighted by Crippen LogP contribution is -2.52. The summed E-state index contributed by atoms with van der Waals surface area (Å²) in [7, 11) is -1.04. The zero-order valence-electron chi connectivity index (χ0n) is 20.9. The van der Waals surface area contributed by atoms with Crippen LogP contribution in [0.25, 0.3) is 0 Å². The van der Waals surface area contributed by atoms with Crippen LogP contribution in [0.2, 0.25) is 0 Å². The molecule has 0 aromatic heterocycles. The summed E-state index contributed by atoms with van der Waals surface area (Å²) >= 11 is 0. The van der Waals surface area contributed by atoms with Crippen LogP contribution < -0.4 is 14.4 Å². The molecule has 37 heavy (non-hydrogen) atoms. The molecule has 0 radical (unpaired) electrons. The van der Waals surface area contributed by atoms with E-state index in [0.29, 0.717) is 5.56 Å². The molecule has 0 fully saturated rings. The second kappa shape index (κ2) is 12.4. The normalized spacial score (nSPS) is 11.9. The van der Waals surface area contributed by atoms with E-state index < -0.39 is 40.2 Å². The van der Waals surface area contributed by atoms with Gasteiger partial charge in [0.05, 0.1) is 19.1 Å². The van der Waals surface area contributed by atoms with Gasteiger partial charge >= 0.3 is 0 Å². The van der Waals surface area contributed by atoms with Crippen LogP contribution in [0.4, 0.5) is 10.1 Å². The van der Waals surface area contributed by atoms with E-state index in [2.05, 4.69) is 5.32 Å². The molecule has 0 saturated heterocycles. The smallest absolute Gasteiger partial charge is 0.244 e. The van der Waals surface area contributed by atoms with Crippen molar-refractivity contribution in [3.63, 3.8) is 0 Å². The predicted octanol–water partition coefficient (Wildman–Crippen LogP) is 2.99. The Bertz CT molecular complexity index is 1320. The Morgan fingerprint density at radius 2 is 1.57 bits per heavy atom. The molecule has 1 atom stereocenters. The first kappa shape index (κ1) is 27.7. The molecule has 0 bridgehead atoms. The molecule has 10 heteroatoms. The molecular formula is C27H30FN3O5S. The number of methoxy groups -OCH3 is 1. The Morgan fingerprint density at radius 3 is 2.16 bits per heavy atom. The second-order valence-electron chi connectivity index (χ2n) is 8.41. The topological polar surface area (TPSA) is 96.0 Å². The standard InChI is InChI=1S/C27H30FN3O5S/c1-29-27(33)24(17-20-9-5-4-6-10-20)30(18-21-13-15-22(28)16-14-21)26(32)19-31(37(3,34)35)23-11-7-8-12-25(23)36-2/h4-16,24H,17-19H2,1-3H3,(H,29,33). The number of sulfonamides is 1. The van der Waals surface area contributed by atoms with E-state index >= 15 is 0 Å². The van der Waals surface area contributed by atoms with Gasteiger partial charge in [-0.1, -0.05) is 54.6 Å². The maximum absolute atomic E-state index is 13.8. The van der Waals surface area contributed by atoms with E-state index in [1.54, 1.807) is 18.2 Å². The Labute approximate surface area is 216 Å². The number of carbonyl (C=O) groups excluding carboxylic acids is 2. The van der Waals surface area contributed by atoms with Crippen LogP contribution in [0.1, 0.15) is 11.1 Å². The van der Waals surface area contributed by atoms with Crippen LogP contribution >= 0.6 is 0 Å². The molecule has 1 N–H and O–H groups in total. The lowest BCUT2D eigenvalue weighted by molar-refractivity contribution is -0.139. The van der Waals surface area contributed by atoms with Gasteiger partial charge in [-0.25, -0.2) is 12.8 Å². The highest BCUT2D eigenvalue weighted by atomic mass is 32.2. The average Bonchev–Trinajstić information content (AvgIpc) is 2.89. The number of hydrogen-bond acceptors (Lipinski definition) is 5. The SMILES string of the molecule is CNC(=O)C(Cc1ccccc1)N(Cc1ccc(F)cc1)C(=O)CN(c1ccccc1OC)S(C)(=O)=O. The number of amides is 2. The van der Waals surface area contributed by atoms with Crippen molar-refractivity contribution in [3.8, 4) is 5.75 Å². The second-order valence-corrected chi connectivity index (χ2v) is 10.3. The summed E-state index contributed by atoms with van der Waals surface area (Å²) in [6.07, 6.45) is 1.19. The number of nitrogens with one attached hydrogen (secondary N) is 1. The van der Waals surface area contributed by atoms with Crippen molar-refractivity contribution in [1.82, 2.24) is 10.2 Å². The number of nitrogens with zero attached hydrogens (tertiary/aromatic N) is 2. The Balaban J connectivity index is 2.04. The molecule has 0 saturated carbocycles. The molecule has 0 aliphatic carbocycles. The van der Waals surface area contributed by atoms with Crippen LogP contribution in [0.3, 0.4) is 0 Å². The van der Waals surface area contributed by atoms with Crippen molar-refractivity contribution in [3.05, 3.63) is 95.8 Å². The van der Waals surface area contributed by atoms with Gasteiger partial charge in [-0.15, -0.1) is 0 Å². The van der Waals surface area contributed by atoms with Gasteiger partial charge in [-0.05, 0) is 35.4 Å². The third kappa shape index (κ3) is 7.29. The lowest BCUT2D eigenvalue weighted by atomic mass is 10.0. The first-order valence-electron chi connectivity index (χ1n) is 11.5. The number of rotatable bonds is 11. The number of carbonyl (C=O) groups is 2. The van der Waals surface area contributed by atoms with Gasteiger partial charge in [0.15, 0.2) is 0 Å². The zero-order chi connectivity index (χ0) is 27.0. The molecule has 0 heterocycles. The molecule has 8 nitrogen and oxygen atoms in total. The molecular weight excluding hydrogens is 497 g/mol. The molecule has 0 spiro atoms. The van der Waals surface area contributed by atoms with Crippen LogP contribution in [-0.4, -0.2) is 58.1 Å². The van der Waals surface area contributed by atoms with Crippen molar-refractivity contribution in [2.75, 3.05) is 31.3 Å². The maximum Gasteiger partial charge on any atom is 0.244 e. The van der Waals surface area contributed by atoms with Gasteiger partial charge in [0, 0.05) is 20.0 Å². The van der Waals surface area contributed by atoms with Crippen LogP contribution in [0.5, 0.6) is 5.75 Å². The van der Waals surface area contributed by atoms with Gasteiger partial charge in [-0.2, -0.15) is 0 Å². The van der Waals surface area contributed by atoms with Gasteiger partial charge in [0.25, 0.3) is 0 Å². The van der Waals surface area contributed by atoms with Gasteiger partial charge in [0.1, 0.15) is 24.2 Å². The zero-order valence-corrected chi connectivity index (χ0v) is 21.7. The van der Waals surface area contributed by atoms with Gasteiger partial charge in [0.2, 0.25) is 21.8 Å². The highest BCUT2D eigenvalue weighted by Crippen LogP contribution is 2.29. The maximum atomic E-state index is 13.8. The number of para-hydroxylation sites is 2. The largest absolute Gasteiger partial charge is 0.495 e. The van der Waals surface area contributed by atoms with Crippen molar-refractivity contribution >= 4 is 27.5 Å². The van der Waals surface area contributed by atoms with E-state index in [1.807, 2.05) is 30.3 Å².